The summed E-state index contributed by atoms with van der Waals surface area (Å²) in [7, 11) is 2.82. The van der Waals surface area contributed by atoms with Gasteiger partial charge in [-0.3, -0.25) is 0 Å². The molecule has 3 aromatic rings. The first-order valence-electron chi connectivity index (χ1n) is 10.0. The molecule has 0 aliphatic heterocycles. The third-order valence-corrected chi connectivity index (χ3v) is 5.24. The summed E-state index contributed by atoms with van der Waals surface area (Å²) in [5.41, 5.74) is 4.30. The normalized spacial score (nSPS) is 13.2. The van der Waals surface area contributed by atoms with E-state index in [-0.39, 0.29) is 11.8 Å². The van der Waals surface area contributed by atoms with E-state index in [4.69, 9.17) is 14.2 Å². The Morgan fingerprint density at radius 1 is 1.12 bits per heavy atom. The van der Waals surface area contributed by atoms with E-state index in [9.17, 15) is 10.1 Å². The molecule has 0 fully saturated rings. The van der Waals surface area contributed by atoms with E-state index >= 15 is 0 Å². The zero-order valence-electron chi connectivity index (χ0n) is 17.7. The summed E-state index contributed by atoms with van der Waals surface area (Å²) in [5, 5.41) is 9.76. The van der Waals surface area contributed by atoms with E-state index in [1.54, 1.807) is 30.5 Å². The van der Waals surface area contributed by atoms with Crippen LogP contribution in [0.2, 0.25) is 0 Å². The fourth-order valence-corrected chi connectivity index (χ4v) is 3.70. The second kappa shape index (κ2) is 9.31. The first-order valence-corrected chi connectivity index (χ1v) is 10.0. The van der Waals surface area contributed by atoms with Crippen LogP contribution in [0.1, 0.15) is 32.7 Å². The van der Waals surface area contributed by atoms with Crippen LogP contribution in [0.15, 0.2) is 54.9 Å². The van der Waals surface area contributed by atoms with Gasteiger partial charge in [0.1, 0.15) is 11.8 Å². The van der Waals surface area contributed by atoms with Crippen LogP contribution in [0.25, 0.3) is 11.6 Å². The lowest BCUT2D eigenvalue weighted by Crippen LogP contribution is -2.17. The van der Waals surface area contributed by atoms with Gasteiger partial charge >= 0.3 is 5.97 Å². The Kier molecular flexibility index (Phi) is 6.13. The van der Waals surface area contributed by atoms with Crippen LogP contribution >= 0.6 is 0 Å². The van der Waals surface area contributed by atoms with Gasteiger partial charge in [0.15, 0.2) is 5.75 Å². The van der Waals surface area contributed by atoms with Gasteiger partial charge in [0.25, 0.3) is 5.88 Å². The molecule has 160 valence electrons. The van der Waals surface area contributed by atoms with Gasteiger partial charge in [-0.05, 0) is 41.0 Å². The molecule has 4 rings (SSSR count). The van der Waals surface area contributed by atoms with Crippen molar-refractivity contribution in [2.45, 2.75) is 18.9 Å². The number of ether oxygens (including phenoxy) is 3. The van der Waals surface area contributed by atoms with Crippen molar-refractivity contribution < 1.29 is 19.0 Å². The molecule has 7 heteroatoms. The zero-order valence-corrected chi connectivity index (χ0v) is 17.7. The van der Waals surface area contributed by atoms with Gasteiger partial charge in [0.05, 0.1) is 25.9 Å². The zero-order chi connectivity index (χ0) is 22.5. The summed E-state index contributed by atoms with van der Waals surface area (Å²) < 4.78 is 16.3. The van der Waals surface area contributed by atoms with E-state index in [1.807, 2.05) is 12.1 Å². The predicted octanol–water partition coefficient (Wildman–Crippen LogP) is 3.88. The minimum atomic E-state index is -0.543. The van der Waals surface area contributed by atoms with Crippen molar-refractivity contribution in [1.82, 2.24) is 9.97 Å². The number of hydrogen-bond acceptors (Lipinski definition) is 7. The third-order valence-electron chi connectivity index (χ3n) is 5.24. The molecule has 0 atom stereocenters. The minimum Gasteiger partial charge on any atom is -0.484 e. The highest BCUT2D eigenvalue weighted by Crippen LogP contribution is 2.32. The van der Waals surface area contributed by atoms with Gasteiger partial charge in [0, 0.05) is 30.8 Å². The molecule has 1 aromatic carbocycles. The van der Waals surface area contributed by atoms with E-state index in [2.05, 4.69) is 28.2 Å². The van der Waals surface area contributed by atoms with Crippen LogP contribution in [0, 0.1) is 11.3 Å². The SMILES string of the molecule is COC(=O)c1cc(C=C(C#N)c2cnc(OC)c(OC3Cc4ccccc4C3)c2)ccn1. The number of nitrogens with zero attached hydrogens (tertiary/aromatic N) is 3. The highest BCUT2D eigenvalue weighted by Gasteiger charge is 2.24. The number of pyridine rings is 2. The van der Waals surface area contributed by atoms with E-state index < -0.39 is 5.97 Å². The largest absolute Gasteiger partial charge is 0.484 e. The Balaban J connectivity index is 1.62. The van der Waals surface area contributed by atoms with Gasteiger partial charge < -0.3 is 14.2 Å². The highest BCUT2D eigenvalue weighted by molar-refractivity contribution is 5.92. The summed E-state index contributed by atoms with van der Waals surface area (Å²) in [5.74, 6) is 0.297. The summed E-state index contributed by atoms with van der Waals surface area (Å²) >= 11 is 0. The van der Waals surface area contributed by atoms with Gasteiger partial charge in [-0.1, -0.05) is 24.3 Å². The Bertz CT molecular complexity index is 1200. The number of aromatic nitrogens is 2. The molecule has 7 nitrogen and oxygen atoms in total. The van der Waals surface area contributed by atoms with Crippen molar-refractivity contribution in [3.05, 3.63) is 82.8 Å². The van der Waals surface area contributed by atoms with Crippen molar-refractivity contribution in [1.29, 1.82) is 5.26 Å². The maximum atomic E-state index is 11.7. The minimum absolute atomic E-state index is 0.0318. The molecule has 32 heavy (non-hydrogen) atoms. The molecule has 2 aromatic heterocycles. The molecule has 0 saturated heterocycles. The number of fused-ring (bicyclic) bond motifs is 1. The number of rotatable bonds is 6. The Hall–Kier alpha value is -4.18. The lowest BCUT2D eigenvalue weighted by Gasteiger charge is -2.16. The number of esters is 1. The van der Waals surface area contributed by atoms with Crippen molar-refractivity contribution >= 4 is 17.6 Å². The van der Waals surface area contributed by atoms with Crippen LogP contribution < -0.4 is 9.47 Å². The van der Waals surface area contributed by atoms with Crippen molar-refractivity contribution in [3.63, 3.8) is 0 Å². The second-order valence-electron chi connectivity index (χ2n) is 7.28. The summed E-state index contributed by atoms with van der Waals surface area (Å²) in [4.78, 5) is 20.1. The molecular weight excluding hydrogens is 406 g/mol. The molecule has 1 aliphatic rings. The standard InChI is InChI=1S/C25H21N3O4/c1-30-24-23(32-21-11-17-5-3-4-6-18(17)12-21)13-20(15-28-24)19(14-26)9-16-7-8-27-22(10-16)25(29)31-2/h3-10,13,15,21H,11-12H2,1-2H3. The highest BCUT2D eigenvalue weighted by atomic mass is 16.5. The molecule has 0 bridgehead atoms. The second-order valence-corrected chi connectivity index (χ2v) is 7.28. The van der Waals surface area contributed by atoms with Gasteiger partial charge in [0.2, 0.25) is 0 Å². The number of allylic oxidation sites excluding steroid dienone is 1. The summed E-state index contributed by atoms with van der Waals surface area (Å²) in [6, 6.07) is 15.5. The van der Waals surface area contributed by atoms with E-state index in [0.29, 0.717) is 28.3 Å². The maximum Gasteiger partial charge on any atom is 0.356 e. The molecule has 2 heterocycles. The van der Waals surface area contributed by atoms with Gasteiger partial charge in [-0.15, -0.1) is 0 Å². The third kappa shape index (κ3) is 4.44. The number of carbonyl (C=O) groups excluding carboxylic acids is 1. The van der Waals surface area contributed by atoms with E-state index in [0.717, 1.165) is 12.8 Å². The van der Waals surface area contributed by atoms with Gasteiger partial charge in [-0.2, -0.15) is 5.26 Å². The monoisotopic (exact) mass is 427 g/mol. The van der Waals surface area contributed by atoms with Crippen LogP contribution in [-0.2, 0) is 17.6 Å². The van der Waals surface area contributed by atoms with E-state index in [1.165, 1.54) is 31.5 Å². The Morgan fingerprint density at radius 2 is 1.88 bits per heavy atom. The molecule has 0 spiro atoms. The molecule has 1 aliphatic carbocycles. The lowest BCUT2D eigenvalue weighted by molar-refractivity contribution is 0.0594. The number of nitriles is 1. The number of carbonyl (C=O) groups is 1. The fraction of sp³-hybridized carbons (Fsp3) is 0.200. The van der Waals surface area contributed by atoms with Crippen molar-refractivity contribution in [2.75, 3.05) is 14.2 Å². The molecule has 0 unspecified atom stereocenters. The van der Waals surface area contributed by atoms with Crippen LogP contribution in [0.4, 0.5) is 0 Å². The molecule has 0 saturated carbocycles. The van der Waals surface area contributed by atoms with Crippen molar-refractivity contribution in [3.8, 4) is 17.7 Å². The molecule has 0 amide bonds. The van der Waals surface area contributed by atoms with Gasteiger partial charge in [-0.25, -0.2) is 14.8 Å². The fourth-order valence-electron chi connectivity index (χ4n) is 3.70. The summed E-state index contributed by atoms with van der Waals surface area (Å²) in [6.07, 6.45) is 6.29. The first kappa shape index (κ1) is 21.1. The number of hydrogen-bond donors (Lipinski definition) is 0. The number of methoxy groups -OCH3 is 2. The van der Waals surface area contributed by atoms with Crippen LogP contribution in [0.5, 0.6) is 11.6 Å². The Morgan fingerprint density at radius 3 is 2.53 bits per heavy atom. The topological polar surface area (TPSA) is 94.3 Å². The molecular formula is C25H21N3O4. The average molecular weight is 427 g/mol. The predicted molar refractivity (Wildman–Crippen MR) is 118 cm³/mol. The quantitative estimate of drug-likeness (QED) is 0.435. The maximum absolute atomic E-state index is 11.7. The van der Waals surface area contributed by atoms with Crippen LogP contribution in [-0.4, -0.2) is 36.3 Å². The van der Waals surface area contributed by atoms with Crippen molar-refractivity contribution in [2.24, 2.45) is 0 Å². The molecule has 0 N–H and O–H groups in total. The lowest BCUT2D eigenvalue weighted by atomic mass is 10.1. The average Bonchev–Trinajstić information content (AvgIpc) is 3.24. The summed E-state index contributed by atoms with van der Waals surface area (Å²) in [6.45, 7) is 0. The first-order chi connectivity index (χ1) is 15.6. The smallest absolute Gasteiger partial charge is 0.356 e. The number of benzene rings is 1. The Labute approximate surface area is 185 Å². The van der Waals surface area contributed by atoms with Crippen LogP contribution in [0.3, 0.4) is 0 Å². The molecule has 0 radical (unpaired) electrons.